The Balaban J connectivity index is 0.00000112. The summed E-state index contributed by atoms with van der Waals surface area (Å²) in [6, 6.07) is 0. The molecule has 0 heterocycles. The Morgan fingerprint density at radius 2 is 1.77 bits per heavy atom. The van der Waals surface area contributed by atoms with Crippen LogP contribution in [0.25, 0.3) is 0 Å². The van der Waals surface area contributed by atoms with Crippen molar-refractivity contribution in [2.24, 2.45) is 64.1 Å². The maximum atomic E-state index is 4.18. The first kappa shape index (κ1) is 23.9. The summed E-state index contributed by atoms with van der Waals surface area (Å²) in [5.41, 5.74) is 2.86. The molecule has 0 bridgehead atoms. The highest BCUT2D eigenvalue weighted by Crippen LogP contribution is 2.80. The zero-order valence-corrected chi connectivity index (χ0v) is 22.2. The lowest BCUT2D eigenvalue weighted by molar-refractivity contribution is -0.125. The number of rotatable bonds is 5. The molecule has 0 N–H and O–H groups in total. The standard InChI is InChI=1S/C29H48.C2H6/c1-7-21-12-13-28(6)22(15-21)14-20(5)27-25-11-10-24(19(4)9-8-18(2)3)29(25)17-23(29)16-26(27)28;1-2/h19-27H,2,7-17H2,1,3-6H3;1-2H3. The normalized spacial score (nSPS) is 50.7. The summed E-state index contributed by atoms with van der Waals surface area (Å²) in [6.07, 6.45) is 16.6. The first-order valence-electron chi connectivity index (χ1n) is 14.5. The Hall–Kier alpha value is -0.260. The van der Waals surface area contributed by atoms with E-state index in [1.165, 1.54) is 31.3 Å². The van der Waals surface area contributed by atoms with Crippen LogP contribution in [0.2, 0.25) is 0 Å². The van der Waals surface area contributed by atoms with E-state index in [9.17, 15) is 0 Å². The third-order valence-corrected chi connectivity index (χ3v) is 11.9. The van der Waals surface area contributed by atoms with Gasteiger partial charge in [-0.25, -0.2) is 0 Å². The summed E-state index contributed by atoms with van der Waals surface area (Å²) in [6.45, 7) is 20.9. The summed E-state index contributed by atoms with van der Waals surface area (Å²) in [5, 5.41) is 0. The predicted octanol–water partition coefficient (Wildman–Crippen LogP) is 9.55. The van der Waals surface area contributed by atoms with Crippen LogP contribution in [0.5, 0.6) is 0 Å². The lowest BCUT2D eigenvalue weighted by Gasteiger charge is -2.61. The Labute approximate surface area is 195 Å². The number of allylic oxidation sites excluding steroid dienone is 1. The highest BCUT2D eigenvalue weighted by molar-refractivity contribution is 5.21. The van der Waals surface area contributed by atoms with Gasteiger partial charge in [0.05, 0.1) is 0 Å². The van der Waals surface area contributed by atoms with E-state index < -0.39 is 0 Å². The van der Waals surface area contributed by atoms with Crippen molar-refractivity contribution in [3.63, 3.8) is 0 Å². The Kier molecular flexibility index (Phi) is 6.80. The topological polar surface area (TPSA) is 0 Å². The second-order valence-electron chi connectivity index (χ2n) is 13.2. The third kappa shape index (κ3) is 3.69. The fourth-order valence-electron chi connectivity index (χ4n) is 10.4. The molecule has 0 saturated heterocycles. The Morgan fingerprint density at radius 1 is 1.03 bits per heavy atom. The van der Waals surface area contributed by atoms with Crippen LogP contribution in [-0.2, 0) is 0 Å². The molecule has 0 amide bonds. The van der Waals surface area contributed by atoms with E-state index in [1.807, 2.05) is 13.8 Å². The molecule has 5 fully saturated rings. The third-order valence-electron chi connectivity index (χ3n) is 11.9. The van der Waals surface area contributed by atoms with Crippen molar-refractivity contribution >= 4 is 0 Å². The molecular formula is C31H54. The van der Waals surface area contributed by atoms with Crippen LogP contribution < -0.4 is 0 Å². The van der Waals surface area contributed by atoms with Crippen molar-refractivity contribution in [1.29, 1.82) is 0 Å². The van der Waals surface area contributed by atoms with E-state index in [-0.39, 0.29) is 0 Å². The summed E-state index contributed by atoms with van der Waals surface area (Å²) in [4.78, 5) is 0. The van der Waals surface area contributed by atoms with Crippen molar-refractivity contribution in [2.45, 2.75) is 119 Å². The molecule has 11 atom stereocenters. The van der Waals surface area contributed by atoms with Crippen molar-refractivity contribution in [3.8, 4) is 0 Å². The predicted molar refractivity (Wildman–Crippen MR) is 136 cm³/mol. The van der Waals surface area contributed by atoms with Gasteiger partial charge in [-0.15, -0.1) is 6.58 Å². The maximum absolute atomic E-state index is 4.18. The summed E-state index contributed by atoms with van der Waals surface area (Å²) in [7, 11) is 0. The molecule has 0 radical (unpaired) electrons. The zero-order chi connectivity index (χ0) is 22.6. The van der Waals surface area contributed by atoms with E-state index in [0.717, 1.165) is 58.7 Å². The van der Waals surface area contributed by atoms with Crippen molar-refractivity contribution in [2.75, 3.05) is 0 Å². The van der Waals surface area contributed by atoms with Gasteiger partial charge in [-0.05, 0) is 135 Å². The zero-order valence-electron chi connectivity index (χ0n) is 22.2. The maximum Gasteiger partial charge on any atom is -0.0204 e. The first-order valence-corrected chi connectivity index (χ1v) is 14.5. The van der Waals surface area contributed by atoms with Gasteiger partial charge < -0.3 is 0 Å². The fraction of sp³-hybridized carbons (Fsp3) is 0.935. The molecule has 5 aliphatic carbocycles. The van der Waals surface area contributed by atoms with E-state index in [1.54, 1.807) is 44.9 Å². The van der Waals surface area contributed by atoms with E-state index in [4.69, 9.17) is 0 Å². The number of fused-ring (bicyclic) bond motifs is 4. The molecule has 0 aromatic rings. The summed E-state index contributed by atoms with van der Waals surface area (Å²) in [5.74, 6) is 9.31. The molecular weight excluding hydrogens is 372 g/mol. The van der Waals surface area contributed by atoms with Crippen LogP contribution >= 0.6 is 0 Å². The lowest BCUT2D eigenvalue weighted by atomic mass is 9.44. The molecule has 0 aliphatic heterocycles. The molecule has 0 aromatic heterocycles. The number of hydrogen-bond donors (Lipinski definition) is 0. The van der Waals surface area contributed by atoms with Gasteiger partial charge in [-0.1, -0.05) is 53.5 Å². The van der Waals surface area contributed by atoms with E-state index >= 15 is 0 Å². The summed E-state index contributed by atoms with van der Waals surface area (Å²) >= 11 is 0. The van der Waals surface area contributed by atoms with Crippen molar-refractivity contribution < 1.29 is 0 Å². The van der Waals surface area contributed by atoms with E-state index in [0.29, 0.717) is 5.41 Å². The monoisotopic (exact) mass is 426 g/mol. The highest BCUT2D eigenvalue weighted by atomic mass is 14.8. The molecule has 5 saturated carbocycles. The molecule has 31 heavy (non-hydrogen) atoms. The molecule has 0 heteroatoms. The molecule has 5 rings (SSSR count). The molecule has 11 unspecified atom stereocenters. The van der Waals surface area contributed by atoms with Gasteiger partial charge in [0.1, 0.15) is 0 Å². The Morgan fingerprint density at radius 3 is 2.45 bits per heavy atom. The average molecular weight is 427 g/mol. The molecule has 0 aromatic carbocycles. The molecule has 1 spiro atoms. The second kappa shape index (κ2) is 8.83. The van der Waals surface area contributed by atoms with Gasteiger partial charge in [0.2, 0.25) is 0 Å². The van der Waals surface area contributed by atoms with Gasteiger partial charge in [-0.2, -0.15) is 0 Å². The molecule has 178 valence electrons. The molecule has 0 nitrogen and oxygen atoms in total. The van der Waals surface area contributed by atoms with Crippen LogP contribution in [-0.4, -0.2) is 0 Å². The number of hydrogen-bond acceptors (Lipinski definition) is 0. The van der Waals surface area contributed by atoms with Crippen LogP contribution in [0.4, 0.5) is 0 Å². The van der Waals surface area contributed by atoms with Crippen LogP contribution in [0, 0.1) is 64.1 Å². The largest absolute Gasteiger partial charge is 0.100 e. The summed E-state index contributed by atoms with van der Waals surface area (Å²) < 4.78 is 0. The van der Waals surface area contributed by atoms with Gasteiger partial charge in [0.25, 0.3) is 0 Å². The minimum Gasteiger partial charge on any atom is -0.100 e. The van der Waals surface area contributed by atoms with Crippen LogP contribution in [0.3, 0.4) is 0 Å². The highest BCUT2D eigenvalue weighted by Gasteiger charge is 2.73. The minimum absolute atomic E-state index is 0.682. The van der Waals surface area contributed by atoms with Crippen LogP contribution in [0.1, 0.15) is 119 Å². The smallest absolute Gasteiger partial charge is 0.0204 e. The van der Waals surface area contributed by atoms with Gasteiger partial charge >= 0.3 is 0 Å². The minimum atomic E-state index is 0.682. The second-order valence-corrected chi connectivity index (χ2v) is 13.2. The molecule has 5 aliphatic rings. The first-order chi connectivity index (χ1) is 14.8. The van der Waals surface area contributed by atoms with Gasteiger partial charge in [0.15, 0.2) is 0 Å². The lowest BCUT2D eigenvalue weighted by Crippen LogP contribution is -2.54. The van der Waals surface area contributed by atoms with E-state index in [2.05, 4.69) is 41.2 Å². The Bertz CT molecular complexity index is 646. The SMILES string of the molecule is C=C(C)CCC(C)C1CCC2C3C(C)CC4CC(CC)CCC4(C)C3CC3CC312.CC. The fourth-order valence-corrected chi connectivity index (χ4v) is 10.4. The van der Waals surface area contributed by atoms with Crippen molar-refractivity contribution in [1.82, 2.24) is 0 Å². The van der Waals surface area contributed by atoms with Crippen LogP contribution in [0.15, 0.2) is 12.2 Å². The van der Waals surface area contributed by atoms with Gasteiger partial charge in [-0.3, -0.25) is 0 Å². The van der Waals surface area contributed by atoms with Gasteiger partial charge in [0, 0.05) is 0 Å². The average Bonchev–Trinajstić information content (AvgIpc) is 3.36. The quantitative estimate of drug-likeness (QED) is 0.384. The van der Waals surface area contributed by atoms with Crippen molar-refractivity contribution in [3.05, 3.63) is 12.2 Å².